The van der Waals surface area contributed by atoms with Gasteiger partial charge in [-0.2, -0.15) is 0 Å². The van der Waals surface area contributed by atoms with Crippen LogP contribution in [0.25, 0.3) is 10.9 Å². The molecule has 1 heterocycles. The molecule has 3 aromatic rings. The van der Waals surface area contributed by atoms with Crippen molar-refractivity contribution in [3.63, 3.8) is 0 Å². The van der Waals surface area contributed by atoms with Crippen molar-refractivity contribution in [1.82, 2.24) is 9.29 Å². The summed E-state index contributed by atoms with van der Waals surface area (Å²) in [6.07, 6.45) is 0. The monoisotopic (exact) mass is 457 g/mol. The highest BCUT2D eigenvalue weighted by Gasteiger charge is 2.20. The maximum absolute atomic E-state index is 12.7. The van der Waals surface area contributed by atoms with Crippen molar-refractivity contribution in [2.24, 2.45) is 0 Å². The van der Waals surface area contributed by atoms with Crippen LogP contribution in [0.3, 0.4) is 0 Å². The Morgan fingerprint density at radius 1 is 1.06 bits per heavy atom. The topological polar surface area (TPSA) is 79.4 Å². The molecule has 6 nitrogen and oxygen atoms in total. The first-order chi connectivity index (χ1) is 14.5. The number of fused-ring (bicyclic) bond motifs is 1. The quantitative estimate of drug-likeness (QED) is 0.550. The molecule has 0 spiro atoms. The second-order valence-corrected chi connectivity index (χ2v) is 11.3. The molecule has 3 rings (SSSR count). The fourth-order valence-electron chi connectivity index (χ4n) is 3.13. The highest BCUT2D eigenvalue weighted by molar-refractivity contribution is 8.00. The predicted molar refractivity (Wildman–Crippen MR) is 127 cm³/mol. The molecule has 0 radical (unpaired) electrons. The van der Waals surface area contributed by atoms with E-state index in [2.05, 4.69) is 10.3 Å². The van der Waals surface area contributed by atoms with Crippen molar-refractivity contribution < 1.29 is 13.2 Å². The van der Waals surface area contributed by atoms with E-state index in [1.54, 1.807) is 18.2 Å². The smallest absolute Gasteiger partial charge is 0.242 e. The molecule has 0 aliphatic heterocycles. The number of thioether (sulfide) groups is 1. The minimum absolute atomic E-state index is 0.0920. The third-order valence-electron chi connectivity index (χ3n) is 5.27. The van der Waals surface area contributed by atoms with Crippen LogP contribution in [0.15, 0.2) is 52.4 Å². The van der Waals surface area contributed by atoms with Gasteiger partial charge in [-0.1, -0.05) is 23.9 Å². The van der Waals surface area contributed by atoms with E-state index in [4.69, 9.17) is 0 Å². The molecule has 0 aliphatic rings. The molecule has 2 aromatic carbocycles. The van der Waals surface area contributed by atoms with Gasteiger partial charge in [-0.25, -0.2) is 17.7 Å². The lowest BCUT2D eigenvalue weighted by Gasteiger charge is -2.15. The number of hydrogen-bond acceptors (Lipinski definition) is 5. The van der Waals surface area contributed by atoms with Crippen LogP contribution in [-0.4, -0.2) is 43.0 Å². The molecule has 1 atom stereocenters. The number of anilines is 1. The van der Waals surface area contributed by atoms with Crippen LogP contribution in [0.4, 0.5) is 5.69 Å². The minimum atomic E-state index is -3.51. The molecule has 0 aliphatic carbocycles. The summed E-state index contributed by atoms with van der Waals surface area (Å²) in [7, 11) is -0.497. The molecule has 1 unspecified atom stereocenters. The van der Waals surface area contributed by atoms with Crippen molar-refractivity contribution >= 4 is 44.3 Å². The van der Waals surface area contributed by atoms with Crippen molar-refractivity contribution in [1.29, 1.82) is 0 Å². The maximum Gasteiger partial charge on any atom is 0.242 e. The Kier molecular flexibility index (Phi) is 6.73. The lowest BCUT2D eigenvalue weighted by atomic mass is 10.1. The number of aromatic nitrogens is 1. The van der Waals surface area contributed by atoms with Crippen LogP contribution in [0.2, 0.25) is 0 Å². The van der Waals surface area contributed by atoms with E-state index < -0.39 is 10.0 Å². The Labute approximate surface area is 188 Å². The lowest BCUT2D eigenvalue weighted by molar-refractivity contribution is -0.115. The molecule has 1 aromatic heterocycles. The summed E-state index contributed by atoms with van der Waals surface area (Å²) >= 11 is 1.37. The van der Waals surface area contributed by atoms with Crippen LogP contribution < -0.4 is 5.32 Å². The maximum atomic E-state index is 12.7. The van der Waals surface area contributed by atoms with Crippen LogP contribution in [0, 0.1) is 20.8 Å². The lowest BCUT2D eigenvalue weighted by Crippen LogP contribution is -2.23. The highest BCUT2D eigenvalue weighted by Crippen LogP contribution is 2.29. The van der Waals surface area contributed by atoms with Gasteiger partial charge < -0.3 is 5.32 Å². The first-order valence-corrected chi connectivity index (χ1v) is 12.2. The molecule has 0 saturated carbocycles. The van der Waals surface area contributed by atoms with Crippen LogP contribution >= 0.6 is 11.8 Å². The van der Waals surface area contributed by atoms with Crippen LogP contribution in [0.1, 0.15) is 23.6 Å². The van der Waals surface area contributed by atoms with Gasteiger partial charge >= 0.3 is 0 Å². The fourth-order valence-corrected chi connectivity index (χ4v) is 4.98. The van der Waals surface area contributed by atoms with Crippen molar-refractivity contribution in [2.75, 3.05) is 19.4 Å². The van der Waals surface area contributed by atoms with Gasteiger partial charge in [-0.15, -0.1) is 0 Å². The zero-order valence-electron chi connectivity index (χ0n) is 18.6. The molecule has 1 N–H and O–H groups in total. The predicted octanol–water partition coefficient (Wildman–Crippen LogP) is 4.53. The number of nitrogens with zero attached hydrogens (tertiary/aromatic N) is 2. The SMILES string of the molecule is Cc1cccc(NC(=O)C(C)Sc2cc(C)c3cc(S(=O)(=O)N(C)C)ccc3n2)c1C. The van der Waals surface area contributed by atoms with E-state index in [9.17, 15) is 13.2 Å². The molecule has 1 amide bonds. The molecular weight excluding hydrogens is 430 g/mol. The number of aryl methyl sites for hydroxylation is 2. The number of pyridine rings is 1. The van der Waals surface area contributed by atoms with Gasteiger partial charge in [0, 0.05) is 25.2 Å². The number of carbonyl (C=O) groups excluding carboxylic acids is 1. The summed E-state index contributed by atoms with van der Waals surface area (Å²) in [5.41, 5.74) is 4.60. The van der Waals surface area contributed by atoms with E-state index in [0.717, 1.165) is 32.8 Å². The van der Waals surface area contributed by atoms with Crippen molar-refractivity contribution in [3.05, 3.63) is 59.2 Å². The largest absolute Gasteiger partial charge is 0.325 e. The summed E-state index contributed by atoms with van der Waals surface area (Å²) in [6.45, 7) is 7.77. The van der Waals surface area contributed by atoms with E-state index in [1.807, 2.05) is 52.0 Å². The second-order valence-electron chi connectivity index (χ2n) is 7.74. The first kappa shape index (κ1) is 23.2. The molecule has 8 heteroatoms. The number of hydrogen-bond donors (Lipinski definition) is 1. The molecule has 164 valence electrons. The Morgan fingerprint density at radius 2 is 1.77 bits per heavy atom. The van der Waals surface area contributed by atoms with Crippen molar-refractivity contribution in [2.45, 2.75) is 42.9 Å². The summed E-state index contributed by atoms with van der Waals surface area (Å²) in [5.74, 6) is -0.0920. The van der Waals surface area contributed by atoms with Gasteiger partial charge in [0.15, 0.2) is 0 Å². The minimum Gasteiger partial charge on any atom is -0.325 e. The molecule has 0 saturated heterocycles. The third-order valence-corrected chi connectivity index (χ3v) is 8.10. The standard InChI is InChI=1S/C23H27N3O3S2/c1-14-8-7-9-20(16(14)3)25-23(27)17(4)30-22-12-15(2)19-13-18(10-11-21(19)24-22)31(28,29)26(5)6/h7-13,17H,1-6H3,(H,25,27). The van der Waals surface area contributed by atoms with E-state index >= 15 is 0 Å². The summed E-state index contributed by atoms with van der Waals surface area (Å²) < 4.78 is 26.0. The van der Waals surface area contributed by atoms with Gasteiger partial charge in [0.25, 0.3) is 0 Å². The van der Waals surface area contributed by atoms with Crippen LogP contribution in [-0.2, 0) is 14.8 Å². The summed E-state index contributed by atoms with van der Waals surface area (Å²) in [4.78, 5) is 17.6. The number of sulfonamides is 1. The number of amides is 1. The van der Waals surface area contributed by atoms with Crippen LogP contribution in [0.5, 0.6) is 0 Å². The van der Waals surface area contributed by atoms with E-state index in [1.165, 1.54) is 30.2 Å². The van der Waals surface area contributed by atoms with Gasteiger partial charge in [0.05, 0.1) is 20.7 Å². The molecular formula is C23H27N3O3S2. The van der Waals surface area contributed by atoms with Gasteiger partial charge in [0.2, 0.25) is 15.9 Å². The second kappa shape index (κ2) is 8.98. The molecule has 0 bridgehead atoms. The molecule has 31 heavy (non-hydrogen) atoms. The summed E-state index contributed by atoms with van der Waals surface area (Å²) in [6, 6.07) is 12.7. The summed E-state index contributed by atoms with van der Waals surface area (Å²) in [5, 5.41) is 4.15. The molecule has 0 fully saturated rings. The van der Waals surface area contributed by atoms with E-state index in [-0.39, 0.29) is 16.1 Å². The van der Waals surface area contributed by atoms with Gasteiger partial charge in [-0.3, -0.25) is 4.79 Å². The zero-order chi connectivity index (χ0) is 22.9. The Bertz CT molecular complexity index is 1250. The normalized spacial score (nSPS) is 12.9. The number of carbonyl (C=O) groups is 1. The highest BCUT2D eigenvalue weighted by atomic mass is 32.2. The zero-order valence-corrected chi connectivity index (χ0v) is 20.2. The van der Waals surface area contributed by atoms with Crippen molar-refractivity contribution in [3.8, 4) is 0 Å². The fraction of sp³-hybridized carbons (Fsp3) is 0.304. The van der Waals surface area contributed by atoms with E-state index in [0.29, 0.717) is 5.52 Å². The number of benzene rings is 2. The average molecular weight is 458 g/mol. The Balaban J connectivity index is 1.83. The third kappa shape index (κ3) is 4.92. The van der Waals surface area contributed by atoms with Gasteiger partial charge in [0.1, 0.15) is 0 Å². The number of rotatable bonds is 6. The number of nitrogens with one attached hydrogen (secondary N) is 1. The Hall–Kier alpha value is -2.42. The first-order valence-electron chi connectivity index (χ1n) is 9.88. The Morgan fingerprint density at radius 3 is 2.45 bits per heavy atom. The van der Waals surface area contributed by atoms with Gasteiger partial charge in [-0.05, 0) is 74.7 Å². The average Bonchev–Trinajstić information content (AvgIpc) is 2.71.